The SMILES string of the molecule is CCC(C)[C@H](N)C(=O)Nc1c(F)cc(F)cc1Br. The van der Waals surface area contributed by atoms with Crippen LogP contribution in [0, 0.1) is 17.6 Å². The first-order valence-corrected chi connectivity index (χ1v) is 6.37. The minimum Gasteiger partial charge on any atom is -0.321 e. The Hall–Kier alpha value is -1.01. The number of nitrogens with one attached hydrogen (secondary N) is 1. The first kappa shape index (κ1) is 15.0. The van der Waals surface area contributed by atoms with Gasteiger partial charge in [0.25, 0.3) is 0 Å². The first-order chi connectivity index (χ1) is 8.36. The average molecular weight is 321 g/mol. The number of carbonyl (C=O) groups is 1. The zero-order chi connectivity index (χ0) is 13.9. The molecule has 0 spiro atoms. The lowest BCUT2D eigenvalue weighted by molar-refractivity contribution is -0.118. The quantitative estimate of drug-likeness (QED) is 0.895. The van der Waals surface area contributed by atoms with E-state index in [-0.39, 0.29) is 16.1 Å². The third kappa shape index (κ3) is 3.49. The maximum atomic E-state index is 13.5. The molecule has 1 rings (SSSR count). The van der Waals surface area contributed by atoms with Crippen LogP contribution in [0.2, 0.25) is 0 Å². The molecule has 0 radical (unpaired) electrons. The molecule has 18 heavy (non-hydrogen) atoms. The molecule has 0 bridgehead atoms. The van der Waals surface area contributed by atoms with Gasteiger partial charge in [-0.15, -0.1) is 0 Å². The molecule has 2 atom stereocenters. The highest BCUT2D eigenvalue weighted by atomic mass is 79.9. The van der Waals surface area contributed by atoms with Gasteiger partial charge in [-0.05, 0) is 27.9 Å². The highest BCUT2D eigenvalue weighted by molar-refractivity contribution is 9.10. The van der Waals surface area contributed by atoms with E-state index < -0.39 is 23.6 Å². The summed E-state index contributed by atoms with van der Waals surface area (Å²) in [6.45, 7) is 3.74. The smallest absolute Gasteiger partial charge is 0.241 e. The molecule has 1 amide bonds. The second kappa shape index (κ2) is 6.24. The van der Waals surface area contributed by atoms with Crippen LogP contribution in [-0.4, -0.2) is 11.9 Å². The van der Waals surface area contributed by atoms with Crippen molar-refractivity contribution in [2.24, 2.45) is 11.7 Å². The van der Waals surface area contributed by atoms with Crippen LogP contribution in [0.1, 0.15) is 20.3 Å². The first-order valence-electron chi connectivity index (χ1n) is 5.57. The fraction of sp³-hybridized carbons (Fsp3) is 0.417. The van der Waals surface area contributed by atoms with E-state index in [2.05, 4.69) is 21.2 Å². The van der Waals surface area contributed by atoms with Crippen LogP contribution < -0.4 is 11.1 Å². The van der Waals surface area contributed by atoms with Gasteiger partial charge in [-0.2, -0.15) is 0 Å². The molecule has 0 fully saturated rings. The summed E-state index contributed by atoms with van der Waals surface area (Å²) in [6, 6.07) is 1.05. The number of hydrogen-bond acceptors (Lipinski definition) is 2. The largest absolute Gasteiger partial charge is 0.321 e. The van der Waals surface area contributed by atoms with Crippen molar-refractivity contribution in [2.45, 2.75) is 26.3 Å². The van der Waals surface area contributed by atoms with Crippen LogP contribution >= 0.6 is 15.9 Å². The zero-order valence-corrected chi connectivity index (χ0v) is 11.7. The molecule has 6 heteroatoms. The Morgan fingerprint density at radius 2 is 2.11 bits per heavy atom. The van der Waals surface area contributed by atoms with Crippen LogP contribution in [0.4, 0.5) is 14.5 Å². The number of rotatable bonds is 4. The van der Waals surface area contributed by atoms with E-state index in [9.17, 15) is 13.6 Å². The Balaban J connectivity index is 2.89. The van der Waals surface area contributed by atoms with E-state index in [4.69, 9.17) is 5.73 Å². The Morgan fingerprint density at radius 1 is 1.50 bits per heavy atom. The number of halogens is 3. The second-order valence-corrected chi connectivity index (χ2v) is 5.00. The molecule has 0 aliphatic rings. The van der Waals surface area contributed by atoms with E-state index >= 15 is 0 Å². The highest BCUT2D eigenvalue weighted by Crippen LogP contribution is 2.27. The van der Waals surface area contributed by atoms with E-state index in [0.29, 0.717) is 6.07 Å². The molecular weight excluding hydrogens is 306 g/mol. The van der Waals surface area contributed by atoms with E-state index in [0.717, 1.165) is 12.5 Å². The van der Waals surface area contributed by atoms with Crippen molar-refractivity contribution in [3.63, 3.8) is 0 Å². The summed E-state index contributed by atoms with van der Waals surface area (Å²) in [4.78, 5) is 11.8. The van der Waals surface area contributed by atoms with Crippen molar-refractivity contribution in [2.75, 3.05) is 5.32 Å². The Labute approximate surface area is 113 Å². The molecule has 1 unspecified atom stereocenters. The standard InChI is InChI=1S/C12H15BrF2N2O/c1-3-6(2)10(16)12(18)17-11-8(13)4-7(14)5-9(11)15/h4-6,10H,3,16H2,1-2H3,(H,17,18)/t6?,10-/m0/s1. The minimum atomic E-state index is -0.841. The zero-order valence-electron chi connectivity index (χ0n) is 10.1. The summed E-state index contributed by atoms with van der Waals surface area (Å²) >= 11 is 2.99. The number of carbonyl (C=O) groups excluding carboxylic acids is 1. The van der Waals surface area contributed by atoms with Crippen molar-refractivity contribution >= 4 is 27.5 Å². The predicted octanol–water partition coefficient (Wildman–Crippen LogP) is 3.04. The van der Waals surface area contributed by atoms with Crippen LogP contribution in [-0.2, 0) is 4.79 Å². The van der Waals surface area contributed by atoms with Gasteiger partial charge in [0.15, 0.2) is 5.82 Å². The number of anilines is 1. The maximum absolute atomic E-state index is 13.5. The van der Waals surface area contributed by atoms with Crippen molar-refractivity contribution in [1.82, 2.24) is 0 Å². The summed E-state index contributed by atoms with van der Waals surface area (Å²) in [5, 5.41) is 2.37. The molecule has 1 aromatic rings. The molecule has 3 N–H and O–H groups in total. The number of nitrogens with two attached hydrogens (primary N) is 1. The minimum absolute atomic E-state index is 0.0210. The molecule has 0 aromatic heterocycles. The number of hydrogen-bond donors (Lipinski definition) is 2. The van der Waals surface area contributed by atoms with Gasteiger partial charge in [-0.25, -0.2) is 8.78 Å². The number of amides is 1. The van der Waals surface area contributed by atoms with Crippen molar-refractivity contribution < 1.29 is 13.6 Å². The number of benzene rings is 1. The van der Waals surface area contributed by atoms with Crippen LogP contribution in [0.25, 0.3) is 0 Å². The lowest BCUT2D eigenvalue weighted by Gasteiger charge is -2.18. The Morgan fingerprint density at radius 3 is 2.61 bits per heavy atom. The van der Waals surface area contributed by atoms with Gasteiger partial charge in [-0.1, -0.05) is 20.3 Å². The lowest BCUT2D eigenvalue weighted by atomic mass is 9.99. The third-order valence-electron chi connectivity index (χ3n) is 2.81. The monoisotopic (exact) mass is 320 g/mol. The molecule has 0 heterocycles. The topological polar surface area (TPSA) is 55.1 Å². The molecular formula is C12H15BrF2N2O. The van der Waals surface area contributed by atoms with E-state index in [1.165, 1.54) is 0 Å². The molecule has 3 nitrogen and oxygen atoms in total. The second-order valence-electron chi connectivity index (χ2n) is 4.15. The molecule has 0 saturated carbocycles. The van der Waals surface area contributed by atoms with Gasteiger partial charge in [0.1, 0.15) is 5.82 Å². The predicted molar refractivity (Wildman–Crippen MR) is 70.1 cm³/mol. The molecule has 1 aromatic carbocycles. The molecule has 0 aliphatic carbocycles. The fourth-order valence-electron chi connectivity index (χ4n) is 1.38. The van der Waals surface area contributed by atoms with Crippen molar-refractivity contribution in [3.05, 3.63) is 28.2 Å². The van der Waals surface area contributed by atoms with Crippen LogP contribution in [0.3, 0.4) is 0 Å². The Bertz CT molecular complexity index is 431. The van der Waals surface area contributed by atoms with Crippen LogP contribution in [0.15, 0.2) is 16.6 Å². The van der Waals surface area contributed by atoms with Gasteiger partial charge in [0.05, 0.1) is 11.7 Å². The summed E-state index contributed by atoms with van der Waals surface area (Å²) in [5.74, 6) is -2.07. The Kier molecular flexibility index (Phi) is 5.22. The molecule has 0 aliphatic heterocycles. The normalized spacial score (nSPS) is 14.1. The van der Waals surface area contributed by atoms with E-state index in [1.807, 2.05) is 13.8 Å². The van der Waals surface area contributed by atoms with Gasteiger partial charge in [-0.3, -0.25) is 4.79 Å². The van der Waals surface area contributed by atoms with E-state index in [1.54, 1.807) is 0 Å². The van der Waals surface area contributed by atoms with Crippen molar-refractivity contribution in [1.29, 1.82) is 0 Å². The summed E-state index contributed by atoms with van der Waals surface area (Å²) < 4.78 is 26.5. The summed E-state index contributed by atoms with van der Waals surface area (Å²) in [7, 11) is 0. The van der Waals surface area contributed by atoms with Gasteiger partial charge >= 0.3 is 0 Å². The van der Waals surface area contributed by atoms with Crippen molar-refractivity contribution in [3.8, 4) is 0 Å². The maximum Gasteiger partial charge on any atom is 0.241 e. The third-order valence-corrected chi connectivity index (χ3v) is 3.44. The average Bonchev–Trinajstić information content (AvgIpc) is 2.31. The van der Waals surface area contributed by atoms with Gasteiger partial charge in [0.2, 0.25) is 5.91 Å². The molecule has 100 valence electrons. The fourth-order valence-corrected chi connectivity index (χ4v) is 1.89. The summed E-state index contributed by atoms with van der Waals surface area (Å²) in [6.07, 6.45) is 0.738. The highest BCUT2D eigenvalue weighted by Gasteiger charge is 2.21. The van der Waals surface area contributed by atoms with Gasteiger partial charge in [0, 0.05) is 10.5 Å². The summed E-state index contributed by atoms with van der Waals surface area (Å²) in [5.41, 5.74) is 5.63. The lowest BCUT2D eigenvalue weighted by Crippen LogP contribution is -2.40. The molecule has 0 saturated heterocycles. The van der Waals surface area contributed by atoms with Crippen LogP contribution in [0.5, 0.6) is 0 Å². The van der Waals surface area contributed by atoms with Gasteiger partial charge < -0.3 is 11.1 Å².